The van der Waals surface area contributed by atoms with Crippen molar-refractivity contribution in [1.82, 2.24) is 0 Å². The molecule has 2 heteroatoms. The van der Waals surface area contributed by atoms with Gasteiger partial charge in [0.25, 0.3) is 0 Å². The molecule has 12 heavy (non-hydrogen) atoms. The molecule has 0 amide bonds. The molecule has 0 aromatic rings. The van der Waals surface area contributed by atoms with Gasteiger partial charge in [-0.25, -0.2) is 0 Å². The van der Waals surface area contributed by atoms with Crippen molar-refractivity contribution >= 4 is 18.5 Å². The lowest BCUT2D eigenvalue weighted by Crippen LogP contribution is -2.06. The summed E-state index contributed by atoms with van der Waals surface area (Å²) < 4.78 is 0. The second-order valence-electron chi connectivity index (χ2n) is 4.13. The van der Waals surface area contributed by atoms with Gasteiger partial charge in [-0.3, -0.25) is 0 Å². The molecule has 0 saturated heterocycles. The summed E-state index contributed by atoms with van der Waals surface area (Å²) in [7, 11) is -1.14. The Kier molecular flexibility index (Phi) is 12.0. The lowest BCUT2D eigenvalue weighted by Gasteiger charge is -1.97. The highest BCUT2D eigenvalue weighted by Crippen LogP contribution is 2.03. The van der Waals surface area contributed by atoms with Crippen LogP contribution in [0, 0.1) is 0 Å². The van der Waals surface area contributed by atoms with Gasteiger partial charge in [0.2, 0.25) is 0 Å². The summed E-state index contributed by atoms with van der Waals surface area (Å²) in [6.07, 6.45) is 7.01. The maximum absolute atomic E-state index is 5.67. The summed E-state index contributed by atoms with van der Waals surface area (Å²) in [4.78, 5) is 0. The molecule has 0 nitrogen and oxygen atoms in total. The Bertz CT molecular complexity index is 66.4. The van der Waals surface area contributed by atoms with Crippen LogP contribution in [-0.2, 0) is 0 Å². The van der Waals surface area contributed by atoms with E-state index in [-0.39, 0.29) is 0 Å². The predicted octanol–water partition coefficient (Wildman–Crippen LogP) is 5.04. The molecule has 0 aliphatic heterocycles. The van der Waals surface area contributed by atoms with Crippen molar-refractivity contribution in [1.29, 1.82) is 0 Å². The highest BCUT2D eigenvalue weighted by molar-refractivity contribution is 7.18. The normalized spacial score (nSPS) is 10.5. The lowest BCUT2D eigenvalue weighted by molar-refractivity contribution is 0.656. The molecule has 0 radical (unpaired) electrons. The summed E-state index contributed by atoms with van der Waals surface area (Å²) in [5, 5.41) is 0. The smallest absolute Gasteiger partial charge is 0.147 e. The van der Waals surface area contributed by atoms with Crippen molar-refractivity contribution in [2.45, 2.75) is 65.6 Å². The fraction of sp³-hybridized carbons (Fsp3) is 1.00. The third-order valence-electron chi connectivity index (χ3n) is 1.21. The Morgan fingerprint density at radius 2 is 1.08 bits per heavy atom. The maximum Gasteiger partial charge on any atom is 0.147 e. The molecule has 0 atom stereocenters. The average Bonchev–Trinajstić information content (AvgIpc) is 1.85. The van der Waals surface area contributed by atoms with Crippen LogP contribution in [0.15, 0.2) is 0 Å². The molecule has 0 rings (SSSR count). The third kappa shape index (κ3) is 46.8. The summed E-state index contributed by atoms with van der Waals surface area (Å²) in [5.41, 5.74) is 0. The second kappa shape index (κ2) is 9.59. The summed E-state index contributed by atoms with van der Waals surface area (Å²) in [5.74, 6) is 0. The topological polar surface area (TPSA) is 0 Å². The minimum atomic E-state index is -1.14. The quantitative estimate of drug-likeness (QED) is 0.345. The standard InChI is InChI=1S/C7H16.C3H9ClSi/c1-3-5-7-6-4-2;1-5(2,3)4/h3-7H2,1-2H3;1-3H3. The zero-order valence-corrected chi connectivity index (χ0v) is 11.2. The van der Waals surface area contributed by atoms with Crippen LogP contribution in [0.3, 0.4) is 0 Å². The Hall–Kier alpha value is 0.507. The molecule has 0 saturated carbocycles. The first-order valence-corrected chi connectivity index (χ1v) is 9.62. The van der Waals surface area contributed by atoms with E-state index < -0.39 is 7.38 Å². The fourth-order valence-corrected chi connectivity index (χ4v) is 0.677. The van der Waals surface area contributed by atoms with Crippen LogP contribution in [0.1, 0.15) is 46.0 Å². The van der Waals surface area contributed by atoms with Gasteiger partial charge in [0.1, 0.15) is 7.38 Å². The second-order valence-corrected chi connectivity index (χ2v) is 11.7. The van der Waals surface area contributed by atoms with Crippen molar-refractivity contribution < 1.29 is 0 Å². The molecule has 0 bridgehead atoms. The van der Waals surface area contributed by atoms with Gasteiger partial charge in [-0.1, -0.05) is 65.6 Å². The number of hydrogen-bond donors (Lipinski definition) is 0. The fourth-order valence-electron chi connectivity index (χ4n) is 0.677. The van der Waals surface area contributed by atoms with Crippen molar-refractivity contribution in [3.8, 4) is 0 Å². The molecule has 0 aliphatic rings. The highest BCUT2D eigenvalue weighted by Gasteiger charge is 2.04. The summed E-state index contributed by atoms with van der Waals surface area (Å²) >= 11 is 5.67. The number of unbranched alkanes of at least 4 members (excludes halogenated alkanes) is 4. The lowest BCUT2D eigenvalue weighted by atomic mass is 10.2. The van der Waals surface area contributed by atoms with Crippen LogP contribution in [0.25, 0.3) is 0 Å². The minimum absolute atomic E-state index is 1.14. The third-order valence-corrected chi connectivity index (χ3v) is 1.21. The molecule has 0 N–H and O–H groups in total. The van der Waals surface area contributed by atoms with Crippen LogP contribution in [0.2, 0.25) is 19.6 Å². The zero-order chi connectivity index (χ0) is 10.0. The molecule has 76 valence electrons. The van der Waals surface area contributed by atoms with Gasteiger partial charge in [-0.15, -0.1) is 0 Å². The molecule has 0 aliphatic carbocycles. The van der Waals surface area contributed by atoms with Gasteiger partial charge < -0.3 is 0 Å². The van der Waals surface area contributed by atoms with Crippen molar-refractivity contribution in [3.63, 3.8) is 0 Å². The van der Waals surface area contributed by atoms with E-state index in [0.29, 0.717) is 0 Å². The average molecular weight is 209 g/mol. The Morgan fingerprint density at radius 3 is 1.25 bits per heavy atom. The largest absolute Gasteiger partial charge is 0.168 e. The molecule has 0 unspecified atom stereocenters. The molecular formula is C10H25ClSi. The van der Waals surface area contributed by atoms with E-state index in [4.69, 9.17) is 11.1 Å². The van der Waals surface area contributed by atoms with Crippen LogP contribution < -0.4 is 0 Å². The van der Waals surface area contributed by atoms with Gasteiger partial charge in [0.15, 0.2) is 0 Å². The highest BCUT2D eigenvalue weighted by atomic mass is 35.6. The van der Waals surface area contributed by atoms with E-state index in [2.05, 4.69) is 33.5 Å². The van der Waals surface area contributed by atoms with E-state index in [1.165, 1.54) is 32.1 Å². The first-order chi connectivity index (χ1) is 5.41. The van der Waals surface area contributed by atoms with E-state index in [1.807, 2.05) is 0 Å². The Balaban J connectivity index is 0. The minimum Gasteiger partial charge on any atom is -0.168 e. The summed E-state index contributed by atoms with van der Waals surface area (Å²) in [6.45, 7) is 10.8. The number of halogens is 1. The van der Waals surface area contributed by atoms with Crippen molar-refractivity contribution in [2.24, 2.45) is 0 Å². The van der Waals surface area contributed by atoms with Gasteiger partial charge >= 0.3 is 0 Å². The van der Waals surface area contributed by atoms with Gasteiger partial charge in [0.05, 0.1) is 0 Å². The molecule has 0 spiro atoms. The SMILES string of the molecule is CCCCCCC.C[Si](C)(C)Cl. The molecule has 0 fully saturated rings. The predicted molar refractivity (Wildman–Crippen MR) is 63.6 cm³/mol. The van der Waals surface area contributed by atoms with Gasteiger partial charge in [0, 0.05) is 0 Å². The first kappa shape index (κ1) is 15.0. The molecule has 0 aromatic carbocycles. The summed E-state index contributed by atoms with van der Waals surface area (Å²) in [6, 6.07) is 0. The zero-order valence-electron chi connectivity index (χ0n) is 9.41. The monoisotopic (exact) mass is 208 g/mol. The Morgan fingerprint density at radius 1 is 0.833 bits per heavy atom. The van der Waals surface area contributed by atoms with Crippen LogP contribution in [0.5, 0.6) is 0 Å². The van der Waals surface area contributed by atoms with Crippen molar-refractivity contribution in [3.05, 3.63) is 0 Å². The van der Waals surface area contributed by atoms with Crippen LogP contribution in [0.4, 0.5) is 0 Å². The van der Waals surface area contributed by atoms with Crippen LogP contribution in [-0.4, -0.2) is 7.38 Å². The number of rotatable bonds is 4. The van der Waals surface area contributed by atoms with E-state index in [1.54, 1.807) is 0 Å². The Labute approximate surface area is 84.4 Å². The first-order valence-electron chi connectivity index (χ1n) is 5.10. The molecular weight excluding hydrogens is 184 g/mol. The van der Waals surface area contributed by atoms with Gasteiger partial charge in [-0.05, 0) is 0 Å². The molecule has 0 heterocycles. The van der Waals surface area contributed by atoms with E-state index in [0.717, 1.165) is 0 Å². The van der Waals surface area contributed by atoms with E-state index in [9.17, 15) is 0 Å². The van der Waals surface area contributed by atoms with E-state index >= 15 is 0 Å². The van der Waals surface area contributed by atoms with Gasteiger partial charge in [-0.2, -0.15) is 11.1 Å². The maximum atomic E-state index is 5.67. The number of hydrogen-bond acceptors (Lipinski definition) is 0. The molecule has 0 aromatic heterocycles. The van der Waals surface area contributed by atoms with Crippen LogP contribution >= 0.6 is 11.1 Å². The van der Waals surface area contributed by atoms with Crippen molar-refractivity contribution in [2.75, 3.05) is 0 Å².